The van der Waals surface area contributed by atoms with E-state index in [-0.39, 0.29) is 23.9 Å². The van der Waals surface area contributed by atoms with E-state index >= 15 is 0 Å². The van der Waals surface area contributed by atoms with E-state index in [0.717, 1.165) is 5.92 Å². The zero-order valence-electron chi connectivity index (χ0n) is 4.78. The van der Waals surface area contributed by atoms with Gasteiger partial charge in [-0.05, 0) is 5.92 Å². The van der Waals surface area contributed by atoms with Gasteiger partial charge < -0.3 is 0 Å². The summed E-state index contributed by atoms with van der Waals surface area (Å²) in [5.41, 5.74) is 0. The predicted molar refractivity (Wildman–Crippen MR) is 30.9 cm³/mol. The largest absolute Gasteiger partial charge is 0.0651 e. The minimum absolute atomic E-state index is 0. The molecule has 0 saturated heterocycles. The molecule has 0 aliphatic heterocycles. The van der Waals surface area contributed by atoms with Crippen LogP contribution in [0, 0.1) is 5.92 Å². The Balaban J connectivity index is 0. The van der Waals surface area contributed by atoms with Gasteiger partial charge in [-0.3, -0.25) is 0 Å². The first-order valence-electron chi connectivity index (χ1n) is 2.27. The minimum Gasteiger partial charge on any atom is -0.0651 e. The third kappa shape index (κ3) is 8.84. The fraction of sp³-hybridized carbons (Fsp3) is 1.00. The van der Waals surface area contributed by atoms with Gasteiger partial charge in [-0.15, -0.1) is 0 Å². The van der Waals surface area contributed by atoms with Crippen LogP contribution in [0.25, 0.3) is 0 Å². The first-order chi connectivity index (χ1) is 2.27. The number of hydrogen-bond donors (Lipinski definition) is 0. The van der Waals surface area contributed by atoms with Crippen molar-refractivity contribution in [2.75, 3.05) is 0 Å². The van der Waals surface area contributed by atoms with Gasteiger partial charge in [0.15, 0.2) is 0 Å². The van der Waals surface area contributed by atoms with Gasteiger partial charge in [-0.1, -0.05) is 27.2 Å². The molecule has 1 heteroatoms. The molecule has 0 saturated carbocycles. The van der Waals surface area contributed by atoms with Crippen LogP contribution in [0.2, 0.25) is 0 Å². The van der Waals surface area contributed by atoms with Gasteiger partial charge in [0.05, 0.1) is 0 Å². The summed E-state index contributed by atoms with van der Waals surface area (Å²) in [7, 11) is 0. The average molecular weight is 191 g/mol. The monoisotopic (exact) mass is 192 g/mol. The zero-order valence-corrected chi connectivity index (χ0v) is 7.64. The molecule has 0 amide bonds. The molecular formula is C5H12Sn. The summed E-state index contributed by atoms with van der Waals surface area (Å²) in [5, 5.41) is 0. The molecule has 0 N–H and O–H groups in total. The summed E-state index contributed by atoms with van der Waals surface area (Å²) in [6.07, 6.45) is 1.31. The van der Waals surface area contributed by atoms with Crippen molar-refractivity contribution < 1.29 is 0 Å². The maximum atomic E-state index is 2.22. The van der Waals surface area contributed by atoms with E-state index in [1.165, 1.54) is 6.42 Å². The molecule has 0 bridgehead atoms. The van der Waals surface area contributed by atoms with Crippen molar-refractivity contribution in [1.29, 1.82) is 0 Å². The van der Waals surface area contributed by atoms with E-state index in [2.05, 4.69) is 20.8 Å². The van der Waals surface area contributed by atoms with E-state index in [0.29, 0.717) is 0 Å². The van der Waals surface area contributed by atoms with Crippen molar-refractivity contribution in [1.82, 2.24) is 0 Å². The molecule has 36 valence electrons. The smallest absolute Gasteiger partial charge is 0 e. The maximum Gasteiger partial charge on any atom is 0 e. The summed E-state index contributed by atoms with van der Waals surface area (Å²) in [6, 6.07) is 0. The normalized spacial score (nSPS) is 8.00. The van der Waals surface area contributed by atoms with Crippen LogP contribution in [-0.4, -0.2) is 23.9 Å². The number of hydrogen-bond acceptors (Lipinski definition) is 0. The van der Waals surface area contributed by atoms with Gasteiger partial charge in [0, 0.05) is 23.9 Å². The Morgan fingerprint density at radius 2 is 1.50 bits per heavy atom. The molecular weight excluding hydrogens is 179 g/mol. The Labute approximate surface area is 57.3 Å². The quantitative estimate of drug-likeness (QED) is 0.553. The van der Waals surface area contributed by atoms with Crippen molar-refractivity contribution in [3.63, 3.8) is 0 Å². The molecule has 0 rings (SSSR count). The zero-order chi connectivity index (χ0) is 4.28. The summed E-state index contributed by atoms with van der Waals surface area (Å²) in [5.74, 6) is 0.884. The predicted octanol–water partition coefficient (Wildman–Crippen LogP) is 1.67. The second-order valence-electron chi connectivity index (χ2n) is 1.80. The van der Waals surface area contributed by atoms with Crippen molar-refractivity contribution in [3.8, 4) is 0 Å². The molecule has 4 radical (unpaired) electrons. The topological polar surface area (TPSA) is 0 Å². The van der Waals surface area contributed by atoms with Gasteiger partial charge in [0.2, 0.25) is 0 Å². The van der Waals surface area contributed by atoms with E-state index in [9.17, 15) is 0 Å². The second-order valence-corrected chi connectivity index (χ2v) is 1.80. The molecule has 0 nitrogen and oxygen atoms in total. The molecule has 0 fully saturated rings. The van der Waals surface area contributed by atoms with E-state index in [1.807, 2.05) is 0 Å². The summed E-state index contributed by atoms with van der Waals surface area (Å²) < 4.78 is 0. The third-order valence-electron chi connectivity index (χ3n) is 0.816. The van der Waals surface area contributed by atoms with Gasteiger partial charge in [0.1, 0.15) is 0 Å². The van der Waals surface area contributed by atoms with Gasteiger partial charge >= 0.3 is 0 Å². The fourth-order valence-electron chi connectivity index (χ4n) is 0. The van der Waals surface area contributed by atoms with Crippen LogP contribution < -0.4 is 0 Å². The Kier molecular flexibility index (Phi) is 9.59. The SMILES string of the molecule is CCC(C)C.[Sn]. The molecule has 0 atom stereocenters. The molecule has 0 spiro atoms. The summed E-state index contributed by atoms with van der Waals surface area (Å²) >= 11 is 0. The van der Waals surface area contributed by atoms with Crippen molar-refractivity contribution in [2.24, 2.45) is 5.92 Å². The Morgan fingerprint density at radius 1 is 1.33 bits per heavy atom. The third-order valence-corrected chi connectivity index (χ3v) is 0.816. The van der Waals surface area contributed by atoms with Crippen LogP contribution in [0.1, 0.15) is 27.2 Å². The van der Waals surface area contributed by atoms with Crippen LogP contribution in [0.5, 0.6) is 0 Å². The van der Waals surface area contributed by atoms with Crippen LogP contribution in [0.15, 0.2) is 0 Å². The molecule has 0 heterocycles. The van der Waals surface area contributed by atoms with Gasteiger partial charge in [0.25, 0.3) is 0 Å². The van der Waals surface area contributed by atoms with Crippen LogP contribution in [0.4, 0.5) is 0 Å². The molecule has 0 aliphatic carbocycles. The van der Waals surface area contributed by atoms with Crippen LogP contribution in [0.3, 0.4) is 0 Å². The second kappa shape index (κ2) is 5.80. The van der Waals surface area contributed by atoms with Crippen LogP contribution in [-0.2, 0) is 0 Å². The molecule has 0 unspecified atom stereocenters. The fourth-order valence-corrected chi connectivity index (χ4v) is 0. The average Bonchev–Trinajstić information content (AvgIpc) is 1.38. The first-order valence-corrected chi connectivity index (χ1v) is 2.27. The van der Waals surface area contributed by atoms with Gasteiger partial charge in [-0.2, -0.15) is 0 Å². The van der Waals surface area contributed by atoms with E-state index in [1.54, 1.807) is 0 Å². The summed E-state index contributed by atoms with van der Waals surface area (Å²) in [6.45, 7) is 6.64. The Hall–Kier alpha value is 0.799. The van der Waals surface area contributed by atoms with E-state index in [4.69, 9.17) is 0 Å². The minimum atomic E-state index is 0. The molecule has 0 aromatic carbocycles. The standard InChI is InChI=1S/C5H12.Sn/c1-4-5(2)3;/h5H,4H2,1-3H3;. The molecule has 0 aromatic heterocycles. The number of rotatable bonds is 1. The maximum absolute atomic E-state index is 2.22. The first kappa shape index (κ1) is 9.93. The van der Waals surface area contributed by atoms with Crippen molar-refractivity contribution in [2.45, 2.75) is 27.2 Å². The Morgan fingerprint density at radius 3 is 1.50 bits per heavy atom. The summed E-state index contributed by atoms with van der Waals surface area (Å²) in [4.78, 5) is 0. The van der Waals surface area contributed by atoms with Crippen molar-refractivity contribution in [3.05, 3.63) is 0 Å². The van der Waals surface area contributed by atoms with E-state index < -0.39 is 0 Å². The molecule has 0 aromatic rings. The van der Waals surface area contributed by atoms with Gasteiger partial charge in [-0.25, -0.2) is 0 Å². The molecule has 0 aliphatic rings. The molecule has 6 heavy (non-hydrogen) atoms. The van der Waals surface area contributed by atoms with Crippen LogP contribution >= 0.6 is 0 Å². The Bertz CT molecular complexity index is 17.9. The van der Waals surface area contributed by atoms with Crippen molar-refractivity contribution >= 4 is 23.9 Å².